The number of rotatable bonds is 5. The first-order valence-corrected chi connectivity index (χ1v) is 7.44. The predicted molar refractivity (Wildman–Crippen MR) is 80.6 cm³/mol. The molecule has 4 heteroatoms. The van der Waals surface area contributed by atoms with E-state index in [4.69, 9.17) is 0 Å². The van der Waals surface area contributed by atoms with E-state index in [0.29, 0.717) is 5.41 Å². The molecule has 1 saturated carbocycles. The van der Waals surface area contributed by atoms with Crippen molar-refractivity contribution < 1.29 is 0 Å². The van der Waals surface area contributed by atoms with Gasteiger partial charge in [0.15, 0.2) is 0 Å². The molecule has 0 radical (unpaired) electrons. The van der Waals surface area contributed by atoms with Crippen molar-refractivity contribution in [1.82, 2.24) is 9.97 Å². The fraction of sp³-hybridized carbons (Fsp3) is 0.733. The zero-order valence-electron chi connectivity index (χ0n) is 12.4. The topological polar surface area (TPSA) is 49.8 Å². The van der Waals surface area contributed by atoms with Crippen molar-refractivity contribution in [3.8, 4) is 0 Å². The quantitative estimate of drug-likeness (QED) is 0.851. The van der Waals surface area contributed by atoms with Gasteiger partial charge in [0.25, 0.3) is 0 Å². The maximum Gasteiger partial charge on any atom is 0.134 e. The number of nitrogens with one attached hydrogen (secondary N) is 2. The lowest BCUT2D eigenvalue weighted by Gasteiger charge is -2.34. The highest BCUT2D eigenvalue weighted by atomic mass is 15.1. The van der Waals surface area contributed by atoms with Gasteiger partial charge in [-0.05, 0) is 32.1 Å². The number of hydrogen-bond donors (Lipinski definition) is 2. The van der Waals surface area contributed by atoms with Crippen molar-refractivity contribution in [3.63, 3.8) is 0 Å². The van der Waals surface area contributed by atoms with Crippen LogP contribution >= 0.6 is 0 Å². The number of anilines is 2. The Labute approximate surface area is 116 Å². The average Bonchev–Trinajstić information content (AvgIpc) is 2.41. The fourth-order valence-corrected chi connectivity index (χ4v) is 2.85. The molecule has 0 aromatic carbocycles. The van der Waals surface area contributed by atoms with E-state index in [2.05, 4.69) is 41.4 Å². The molecule has 1 heterocycles. The molecule has 4 nitrogen and oxygen atoms in total. The van der Waals surface area contributed by atoms with Crippen molar-refractivity contribution in [2.24, 2.45) is 5.41 Å². The molecule has 1 aromatic rings. The monoisotopic (exact) mass is 262 g/mol. The van der Waals surface area contributed by atoms with Crippen molar-refractivity contribution in [1.29, 1.82) is 0 Å². The van der Waals surface area contributed by atoms with Gasteiger partial charge < -0.3 is 10.6 Å². The molecule has 0 unspecified atom stereocenters. The van der Waals surface area contributed by atoms with Gasteiger partial charge in [-0.15, -0.1) is 0 Å². The summed E-state index contributed by atoms with van der Waals surface area (Å²) in [5, 5.41) is 6.80. The van der Waals surface area contributed by atoms with Crippen LogP contribution in [0.5, 0.6) is 0 Å². The lowest BCUT2D eigenvalue weighted by molar-refractivity contribution is 0.233. The Kier molecular flexibility index (Phi) is 4.61. The van der Waals surface area contributed by atoms with Crippen molar-refractivity contribution >= 4 is 11.6 Å². The molecule has 0 amide bonds. The Morgan fingerprint density at radius 2 is 1.74 bits per heavy atom. The molecule has 0 bridgehead atoms. The van der Waals surface area contributed by atoms with Crippen LogP contribution in [0.1, 0.15) is 51.5 Å². The largest absolute Gasteiger partial charge is 0.370 e. The Hall–Kier alpha value is -1.32. The molecule has 0 atom stereocenters. The second kappa shape index (κ2) is 6.22. The average molecular weight is 262 g/mol. The van der Waals surface area contributed by atoms with Crippen LogP contribution in [0.15, 0.2) is 6.33 Å². The first-order chi connectivity index (χ1) is 9.14. The molecule has 1 aliphatic rings. The maximum absolute atomic E-state index is 4.37. The van der Waals surface area contributed by atoms with Gasteiger partial charge in [0, 0.05) is 18.7 Å². The predicted octanol–water partition coefficient (Wildman–Crippen LogP) is 3.60. The highest BCUT2D eigenvalue weighted by molar-refractivity contribution is 5.56. The second-order valence-corrected chi connectivity index (χ2v) is 5.95. The minimum absolute atomic E-state index is 0.425. The van der Waals surface area contributed by atoms with E-state index in [1.54, 1.807) is 6.33 Å². The van der Waals surface area contributed by atoms with E-state index in [1.165, 1.54) is 32.1 Å². The summed E-state index contributed by atoms with van der Waals surface area (Å²) >= 11 is 0. The summed E-state index contributed by atoms with van der Waals surface area (Å²) in [6.07, 6.45) is 8.41. The van der Waals surface area contributed by atoms with Gasteiger partial charge in [-0.1, -0.05) is 26.2 Å². The standard InChI is InChI=1S/C15H26N4/c1-4-16-13-12(2)14(19-11-18-13)17-10-15(3)8-6-5-7-9-15/h11H,4-10H2,1-3H3,(H2,16,17,18,19). The molecule has 0 aliphatic heterocycles. The second-order valence-electron chi connectivity index (χ2n) is 5.95. The number of aromatic nitrogens is 2. The molecule has 1 aliphatic carbocycles. The minimum Gasteiger partial charge on any atom is -0.370 e. The highest BCUT2D eigenvalue weighted by Gasteiger charge is 2.26. The molecule has 2 N–H and O–H groups in total. The third-order valence-corrected chi connectivity index (χ3v) is 4.17. The molecule has 1 fully saturated rings. The number of hydrogen-bond acceptors (Lipinski definition) is 4. The van der Waals surface area contributed by atoms with Crippen LogP contribution in [-0.2, 0) is 0 Å². The van der Waals surface area contributed by atoms with E-state index in [-0.39, 0.29) is 0 Å². The van der Waals surface area contributed by atoms with Crippen LogP contribution in [-0.4, -0.2) is 23.1 Å². The van der Waals surface area contributed by atoms with Crippen molar-refractivity contribution in [2.75, 3.05) is 23.7 Å². The van der Waals surface area contributed by atoms with Gasteiger partial charge in [-0.2, -0.15) is 0 Å². The Bertz CT molecular complexity index is 411. The zero-order chi connectivity index (χ0) is 13.7. The molecule has 106 valence electrons. The maximum atomic E-state index is 4.37. The van der Waals surface area contributed by atoms with Crippen LogP contribution in [0.4, 0.5) is 11.6 Å². The lowest BCUT2D eigenvalue weighted by Crippen LogP contribution is -2.29. The Balaban J connectivity index is 2.00. The molecule has 19 heavy (non-hydrogen) atoms. The van der Waals surface area contributed by atoms with Crippen LogP contribution in [0, 0.1) is 12.3 Å². The summed E-state index contributed by atoms with van der Waals surface area (Å²) in [6, 6.07) is 0. The molecular weight excluding hydrogens is 236 g/mol. The summed E-state index contributed by atoms with van der Waals surface area (Å²) in [7, 11) is 0. The summed E-state index contributed by atoms with van der Waals surface area (Å²) < 4.78 is 0. The van der Waals surface area contributed by atoms with Gasteiger partial charge in [0.2, 0.25) is 0 Å². The zero-order valence-corrected chi connectivity index (χ0v) is 12.4. The fourth-order valence-electron chi connectivity index (χ4n) is 2.85. The minimum atomic E-state index is 0.425. The van der Waals surface area contributed by atoms with E-state index < -0.39 is 0 Å². The smallest absolute Gasteiger partial charge is 0.134 e. The van der Waals surface area contributed by atoms with Crippen LogP contribution in [0.2, 0.25) is 0 Å². The van der Waals surface area contributed by atoms with Gasteiger partial charge >= 0.3 is 0 Å². The third kappa shape index (κ3) is 3.58. The molecule has 1 aromatic heterocycles. The third-order valence-electron chi connectivity index (χ3n) is 4.17. The van der Waals surface area contributed by atoms with E-state index in [1.807, 2.05) is 0 Å². The first kappa shape index (κ1) is 14.1. The summed E-state index contributed by atoms with van der Waals surface area (Å²) in [6.45, 7) is 8.44. The molecule has 2 rings (SSSR count). The Morgan fingerprint density at radius 3 is 2.37 bits per heavy atom. The summed E-state index contributed by atoms with van der Waals surface area (Å²) in [5.41, 5.74) is 1.54. The van der Waals surface area contributed by atoms with Gasteiger partial charge in [0.1, 0.15) is 18.0 Å². The summed E-state index contributed by atoms with van der Waals surface area (Å²) in [4.78, 5) is 8.65. The van der Waals surface area contributed by atoms with Crippen molar-refractivity contribution in [2.45, 2.75) is 52.9 Å². The normalized spacial score (nSPS) is 18.1. The lowest BCUT2D eigenvalue weighted by atomic mass is 9.76. The van der Waals surface area contributed by atoms with E-state index >= 15 is 0 Å². The van der Waals surface area contributed by atoms with Crippen molar-refractivity contribution in [3.05, 3.63) is 11.9 Å². The van der Waals surface area contributed by atoms with Crippen LogP contribution < -0.4 is 10.6 Å². The Morgan fingerprint density at radius 1 is 1.11 bits per heavy atom. The van der Waals surface area contributed by atoms with Crippen LogP contribution in [0.3, 0.4) is 0 Å². The molecular formula is C15H26N4. The van der Waals surface area contributed by atoms with Gasteiger partial charge in [-0.3, -0.25) is 0 Å². The first-order valence-electron chi connectivity index (χ1n) is 7.44. The molecule has 0 spiro atoms. The highest BCUT2D eigenvalue weighted by Crippen LogP contribution is 2.36. The van der Waals surface area contributed by atoms with Gasteiger partial charge in [0.05, 0.1) is 0 Å². The molecule has 0 saturated heterocycles. The van der Waals surface area contributed by atoms with E-state index in [0.717, 1.165) is 30.3 Å². The number of nitrogens with zero attached hydrogens (tertiary/aromatic N) is 2. The van der Waals surface area contributed by atoms with Gasteiger partial charge in [-0.25, -0.2) is 9.97 Å². The summed E-state index contributed by atoms with van der Waals surface area (Å²) in [5.74, 6) is 1.91. The van der Waals surface area contributed by atoms with Crippen LogP contribution in [0.25, 0.3) is 0 Å². The van der Waals surface area contributed by atoms with E-state index in [9.17, 15) is 0 Å². The SMILES string of the molecule is CCNc1ncnc(NCC2(C)CCCCC2)c1C.